The molecule has 0 aromatic heterocycles. The zero-order valence-corrected chi connectivity index (χ0v) is 12.7. The van der Waals surface area contributed by atoms with Gasteiger partial charge in [-0.25, -0.2) is 0 Å². The van der Waals surface area contributed by atoms with Gasteiger partial charge < -0.3 is 10.2 Å². The molecule has 1 aromatic rings. The second-order valence-electron chi connectivity index (χ2n) is 4.62. The van der Waals surface area contributed by atoms with Crippen molar-refractivity contribution in [2.24, 2.45) is 5.92 Å². The molecule has 1 atom stereocenters. The van der Waals surface area contributed by atoms with Gasteiger partial charge in [-0.05, 0) is 12.1 Å². The largest absolute Gasteiger partial charge is 0.359 e. The highest BCUT2D eigenvalue weighted by Gasteiger charge is 2.25. The first-order valence-electron chi connectivity index (χ1n) is 6.19. The molecule has 7 nitrogen and oxygen atoms in total. The van der Waals surface area contributed by atoms with Crippen LogP contribution in [0.5, 0.6) is 0 Å². The molecule has 0 aliphatic rings. The molecule has 0 saturated heterocycles. The quantitative estimate of drug-likeness (QED) is 0.661. The molecule has 0 saturated carbocycles. The molecular formula is C13H16ClN3O4. The first-order valence-corrected chi connectivity index (χ1v) is 6.56. The molecule has 21 heavy (non-hydrogen) atoms. The van der Waals surface area contributed by atoms with Crippen LogP contribution in [0.3, 0.4) is 0 Å². The second kappa shape index (κ2) is 7.03. The van der Waals surface area contributed by atoms with Crippen molar-refractivity contribution in [1.29, 1.82) is 0 Å². The van der Waals surface area contributed by atoms with Gasteiger partial charge in [-0.1, -0.05) is 18.5 Å². The topological polar surface area (TPSA) is 92.6 Å². The summed E-state index contributed by atoms with van der Waals surface area (Å²) in [6.07, 6.45) is 0. The van der Waals surface area contributed by atoms with Gasteiger partial charge in [0.25, 0.3) is 11.6 Å². The first-order chi connectivity index (χ1) is 9.77. The van der Waals surface area contributed by atoms with Crippen molar-refractivity contribution in [3.63, 3.8) is 0 Å². The van der Waals surface area contributed by atoms with Gasteiger partial charge in [-0.2, -0.15) is 0 Å². The average molecular weight is 314 g/mol. The number of halogens is 1. The van der Waals surface area contributed by atoms with Gasteiger partial charge in [0.15, 0.2) is 0 Å². The lowest BCUT2D eigenvalue weighted by Crippen LogP contribution is -2.37. The highest BCUT2D eigenvalue weighted by atomic mass is 35.5. The zero-order chi connectivity index (χ0) is 16.2. The molecule has 2 amide bonds. The van der Waals surface area contributed by atoms with Crippen LogP contribution in [0.1, 0.15) is 17.3 Å². The minimum Gasteiger partial charge on any atom is -0.359 e. The number of amides is 2. The van der Waals surface area contributed by atoms with Gasteiger partial charge in [-0.3, -0.25) is 19.7 Å². The number of nitrogens with zero attached hydrogens (tertiary/aromatic N) is 2. The Bertz CT molecular complexity index is 577. The third kappa shape index (κ3) is 4.16. The zero-order valence-electron chi connectivity index (χ0n) is 11.9. The van der Waals surface area contributed by atoms with Crippen molar-refractivity contribution >= 4 is 29.1 Å². The molecule has 0 fully saturated rings. The van der Waals surface area contributed by atoms with Gasteiger partial charge in [0.1, 0.15) is 5.56 Å². The predicted octanol–water partition coefficient (Wildman–Crippen LogP) is 1.70. The summed E-state index contributed by atoms with van der Waals surface area (Å²) in [5.41, 5.74) is -0.414. The third-order valence-electron chi connectivity index (χ3n) is 2.97. The van der Waals surface area contributed by atoms with E-state index in [1.165, 1.54) is 37.2 Å². The van der Waals surface area contributed by atoms with Crippen molar-refractivity contribution in [1.82, 2.24) is 10.2 Å². The molecule has 1 aromatic carbocycles. The van der Waals surface area contributed by atoms with Gasteiger partial charge in [0, 0.05) is 31.7 Å². The standard InChI is InChI=1S/C13H16ClN3O4/c1-8(12(18)15-2)7-16(3)13(19)10-6-9(14)4-5-11(10)17(20)21/h4-6,8H,7H2,1-3H3,(H,15,18). The van der Waals surface area contributed by atoms with E-state index in [1.807, 2.05) is 0 Å². The molecule has 1 rings (SSSR count). The van der Waals surface area contributed by atoms with Gasteiger partial charge in [0.2, 0.25) is 5.91 Å². The minimum absolute atomic E-state index is 0.0980. The van der Waals surface area contributed by atoms with Crippen LogP contribution in [-0.2, 0) is 4.79 Å². The van der Waals surface area contributed by atoms with Crippen LogP contribution in [0.25, 0.3) is 0 Å². The summed E-state index contributed by atoms with van der Waals surface area (Å²) in [5.74, 6) is -1.20. The maximum atomic E-state index is 12.3. The third-order valence-corrected chi connectivity index (χ3v) is 3.21. The predicted molar refractivity (Wildman–Crippen MR) is 78.3 cm³/mol. The summed E-state index contributed by atoms with van der Waals surface area (Å²) in [4.78, 5) is 35.3. The van der Waals surface area contributed by atoms with Crippen LogP contribution in [0.2, 0.25) is 5.02 Å². The number of benzene rings is 1. The number of nitro benzene ring substituents is 1. The Labute approximate surface area is 127 Å². The second-order valence-corrected chi connectivity index (χ2v) is 5.06. The first kappa shape index (κ1) is 16.9. The Morgan fingerprint density at radius 1 is 1.48 bits per heavy atom. The van der Waals surface area contributed by atoms with E-state index in [1.54, 1.807) is 6.92 Å². The fraction of sp³-hybridized carbons (Fsp3) is 0.385. The maximum absolute atomic E-state index is 12.3. The van der Waals surface area contributed by atoms with Crippen LogP contribution in [0.15, 0.2) is 18.2 Å². The Morgan fingerprint density at radius 3 is 2.62 bits per heavy atom. The molecular weight excluding hydrogens is 298 g/mol. The summed E-state index contributed by atoms with van der Waals surface area (Å²) in [6, 6.07) is 3.79. The molecule has 0 aliphatic heterocycles. The summed E-state index contributed by atoms with van der Waals surface area (Å²) in [5, 5.41) is 13.7. The van der Waals surface area contributed by atoms with Crippen LogP contribution < -0.4 is 5.32 Å². The number of hydrogen-bond acceptors (Lipinski definition) is 4. The Kier molecular flexibility index (Phi) is 5.66. The molecule has 0 bridgehead atoms. The van der Waals surface area contributed by atoms with E-state index in [4.69, 9.17) is 11.6 Å². The average Bonchev–Trinajstić information content (AvgIpc) is 2.44. The van der Waals surface area contributed by atoms with Crippen LogP contribution >= 0.6 is 11.6 Å². The van der Waals surface area contributed by atoms with E-state index in [-0.39, 0.29) is 28.7 Å². The van der Waals surface area contributed by atoms with E-state index in [2.05, 4.69) is 5.32 Å². The number of nitro groups is 1. The van der Waals surface area contributed by atoms with Crippen LogP contribution in [-0.4, -0.2) is 42.3 Å². The molecule has 1 unspecified atom stereocenters. The molecule has 1 N–H and O–H groups in total. The van der Waals surface area contributed by atoms with Crippen molar-refractivity contribution in [2.45, 2.75) is 6.92 Å². The fourth-order valence-corrected chi connectivity index (χ4v) is 2.04. The van der Waals surface area contributed by atoms with E-state index < -0.39 is 16.7 Å². The Morgan fingerprint density at radius 2 is 2.10 bits per heavy atom. The van der Waals surface area contributed by atoms with E-state index in [9.17, 15) is 19.7 Å². The van der Waals surface area contributed by atoms with E-state index in [0.717, 1.165) is 0 Å². The smallest absolute Gasteiger partial charge is 0.282 e. The van der Waals surface area contributed by atoms with Gasteiger partial charge in [-0.15, -0.1) is 0 Å². The molecule has 114 valence electrons. The van der Waals surface area contributed by atoms with Crippen molar-refractivity contribution in [3.8, 4) is 0 Å². The molecule has 8 heteroatoms. The number of nitrogens with one attached hydrogen (secondary N) is 1. The summed E-state index contributed by atoms with van der Waals surface area (Å²) >= 11 is 5.79. The highest BCUT2D eigenvalue weighted by Crippen LogP contribution is 2.24. The number of carbonyl (C=O) groups is 2. The maximum Gasteiger partial charge on any atom is 0.282 e. The molecule has 0 radical (unpaired) electrons. The SMILES string of the molecule is CNC(=O)C(C)CN(C)C(=O)c1cc(Cl)ccc1[N+](=O)[O-]. The van der Waals surface area contributed by atoms with E-state index in [0.29, 0.717) is 0 Å². The lowest BCUT2D eigenvalue weighted by atomic mass is 10.1. The molecule has 0 aliphatic carbocycles. The number of hydrogen-bond donors (Lipinski definition) is 1. The minimum atomic E-state index is -0.639. The number of rotatable bonds is 5. The summed E-state index contributed by atoms with van der Waals surface area (Å²) < 4.78 is 0. The van der Waals surface area contributed by atoms with Gasteiger partial charge in [0.05, 0.1) is 10.8 Å². The van der Waals surface area contributed by atoms with Crippen LogP contribution in [0, 0.1) is 16.0 Å². The summed E-state index contributed by atoms with van der Waals surface area (Å²) in [7, 11) is 2.98. The molecule has 0 spiro atoms. The summed E-state index contributed by atoms with van der Waals surface area (Å²) in [6.45, 7) is 1.80. The fourth-order valence-electron chi connectivity index (χ4n) is 1.87. The monoisotopic (exact) mass is 313 g/mol. The van der Waals surface area contributed by atoms with Crippen LogP contribution in [0.4, 0.5) is 5.69 Å². The van der Waals surface area contributed by atoms with Gasteiger partial charge >= 0.3 is 0 Å². The lowest BCUT2D eigenvalue weighted by molar-refractivity contribution is -0.385. The highest BCUT2D eigenvalue weighted by molar-refractivity contribution is 6.31. The Hall–Kier alpha value is -2.15. The lowest BCUT2D eigenvalue weighted by Gasteiger charge is -2.20. The van der Waals surface area contributed by atoms with Crippen molar-refractivity contribution in [2.75, 3.05) is 20.6 Å². The van der Waals surface area contributed by atoms with E-state index >= 15 is 0 Å². The van der Waals surface area contributed by atoms with Crippen molar-refractivity contribution in [3.05, 3.63) is 38.9 Å². The number of carbonyl (C=O) groups excluding carboxylic acids is 2. The normalized spacial score (nSPS) is 11.6. The molecule has 0 heterocycles. The Balaban J connectivity index is 3.00. The van der Waals surface area contributed by atoms with Crippen molar-refractivity contribution < 1.29 is 14.5 Å².